The average Bonchev–Trinajstić information content (AvgIpc) is 2.31. The topological polar surface area (TPSA) is 15.3 Å². The van der Waals surface area contributed by atoms with Crippen molar-refractivity contribution < 1.29 is 0 Å². The third kappa shape index (κ3) is 4.26. The van der Waals surface area contributed by atoms with Crippen LogP contribution in [-0.2, 0) is 0 Å². The van der Waals surface area contributed by atoms with Crippen molar-refractivity contribution in [2.75, 3.05) is 20.1 Å². The SMILES string of the molecule is CN1CCNC2CCCCCCCCCCC21. The summed E-state index contributed by atoms with van der Waals surface area (Å²) < 4.78 is 0. The maximum atomic E-state index is 3.76. The van der Waals surface area contributed by atoms with Gasteiger partial charge in [-0.15, -0.1) is 0 Å². The summed E-state index contributed by atoms with van der Waals surface area (Å²) in [6.07, 6.45) is 14.5. The normalized spacial score (nSPS) is 34.4. The molecule has 1 saturated carbocycles. The molecule has 0 amide bonds. The molecule has 0 bridgehead atoms. The Morgan fingerprint density at radius 2 is 1.41 bits per heavy atom. The van der Waals surface area contributed by atoms with E-state index in [1.54, 1.807) is 0 Å². The van der Waals surface area contributed by atoms with Crippen LogP contribution in [0.2, 0.25) is 0 Å². The Morgan fingerprint density at radius 3 is 2.12 bits per heavy atom. The lowest BCUT2D eigenvalue weighted by molar-refractivity contribution is 0.131. The Kier molecular flexibility index (Phi) is 5.79. The summed E-state index contributed by atoms with van der Waals surface area (Å²) >= 11 is 0. The second kappa shape index (κ2) is 7.38. The molecule has 2 heteroatoms. The second-order valence-corrected chi connectivity index (χ2v) is 6.01. The van der Waals surface area contributed by atoms with Crippen molar-refractivity contribution in [3.05, 3.63) is 0 Å². The molecule has 1 aliphatic carbocycles. The van der Waals surface area contributed by atoms with Gasteiger partial charge in [-0.1, -0.05) is 51.4 Å². The quantitative estimate of drug-likeness (QED) is 0.697. The van der Waals surface area contributed by atoms with E-state index in [1.807, 2.05) is 0 Å². The lowest BCUT2D eigenvalue weighted by Crippen LogP contribution is -2.56. The molecule has 1 saturated heterocycles. The first-order valence-corrected chi connectivity index (χ1v) is 7.81. The Morgan fingerprint density at radius 1 is 0.824 bits per heavy atom. The molecule has 2 aliphatic rings. The highest BCUT2D eigenvalue weighted by atomic mass is 15.2. The van der Waals surface area contributed by atoms with Gasteiger partial charge in [-0.25, -0.2) is 0 Å². The molecular formula is C15H30N2. The number of likely N-dealkylation sites (N-methyl/N-ethyl adjacent to an activating group) is 1. The van der Waals surface area contributed by atoms with Gasteiger partial charge in [-0.2, -0.15) is 0 Å². The third-order valence-electron chi connectivity index (χ3n) is 4.67. The summed E-state index contributed by atoms with van der Waals surface area (Å²) in [6, 6.07) is 1.58. The first-order chi connectivity index (χ1) is 8.38. The monoisotopic (exact) mass is 238 g/mol. The van der Waals surface area contributed by atoms with E-state index in [0.29, 0.717) is 0 Å². The van der Waals surface area contributed by atoms with Crippen LogP contribution in [0.1, 0.15) is 64.2 Å². The highest BCUT2D eigenvalue weighted by Gasteiger charge is 2.27. The maximum Gasteiger partial charge on any atom is 0.0246 e. The van der Waals surface area contributed by atoms with Crippen LogP contribution in [0.4, 0.5) is 0 Å². The third-order valence-corrected chi connectivity index (χ3v) is 4.67. The Balaban J connectivity index is 1.86. The van der Waals surface area contributed by atoms with Crippen molar-refractivity contribution in [3.8, 4) is 0 Å². The van der Waals surface area contributed by atoms with Crippen LogP contribution in [0.3, 0.4) is 0 Å². The molecule has 100 valence electrons. The number of nitrogens with zero attached hydrogens (tertiary/aromatic N) is 1. The summed E-state index contributed by atoms with van der Waals surface area (Å²) in [5.74, 6) is 0. The molecular weight excluding hydrogens is 208 g/mol. The molecule has 2 unspecified atom stereocenters. The number of rotatable bonds is 0. The minimum Gasteiger partial charge on any atom is -0.311 e. The predicted molar refractivity (Wildman–Crippen MR) is 74.4 cm³/mol. The van der Waals surface area contributed by atoms with E-state index in [1.165, 1.54) is 77.3 Å². The number of hydrogen-bond donors (Lipinski definition) is 1. The van der Waals surface area contributed by atoms with Gasteiger partial charge in [0.2, 0.25) is 0 Å². The Labute approximate surface area is 107 Å². The minimum absolute atomic E-state index is 0.771. The standard InChI is InChI=1S/C15H30N2/c1-17-13-12-16-14-10-8-6-4-2-3-5-7-9-11-15(14)17/h14-16H,2-13H2,1H3. The van der Waals surface area contributed by atoms with Gasteiger partial charge in [-0.05, 0) is 19.9 Å². The summed E-state index contributed by atoms with van der Waals surface area (Å²) in [6.45, 7) is 2.43. The van der Waals surface area contributed by atoms with Gasteiger partial charge >= 0.3 is 0 Å². The largest absolute Gasteiger partial charge is 0.311 e. The Hall–Kier alpha value is -0.0800. The van der Waals surface area contributed by atoms with Gasteiger partial charge in [0.05, 0.1) is 0 Å². The van der Waals surface area contributed by atoms with Gasteiger partial charge in [0.15, 0.2) is 0 Å². The van der Waals surface area contributed by atoms with Crippen LogP contribution < -0.4 is 5.32 Å². The number of fused-ring (bicyclic) bond motifs is 1. The van der Waals surface area contributed by atoms with Crippen LogP contribution in [0, 0.1) is 0 Å². The molecule has 0 aromatic rings. The van der Waals surface area contributed by atoms with E-state index in [9.17, 15) is 0 Å². The summed E-state index contributed by atoms with van der Waals surface area (Å²) in [7, 11) is 2.32. The van der Waals surface area contributed by atoms with E-state index in [4.69, 9.17) is 0 Å². The van der Waals surface area contributed by atoms with E-state index in [2.05, 4.69) is 17.3 Å². The van der Waals surface area contributed by atoms with Crippen molar-refractivity contribution in [2.45, 2.75) is 76.3 Å². The first kappa shape index (κ1) is 13.4. The fourth-order valence-electron chi connectivity index (χ4n) is 3.53. The van der Waals surface area contributed by atoms with Gasteiger partial charge in [0, 0.05) is 25.2 Å². The van der Waals surface area contributed by atoms with E-state index in [-0.39, 0.29) is 0 Å². The average molecular weight is 238 g/mol. The molecule has 2 fully saturated rings. The second-order valence-electron chi connectivity index (χ2n) is 6.01. The lowest BCUT2D eigenvalue weighted by Gasteiger charge is -2.40. The predicted octanol–water partition coefficient (Wildman–Crippen LogP) is 3.17. The van der Waals surface area contributed by atoms with Gasteiger partial charge in [0.25, 0.3) is 0 Å². The van der Waals surface area contributed by atoms with Gasteiger partial charge in [0.1, 0.15) is 0 Å². The minimum atomic E-state index is 0.771. The number of nitrogens with one attached hydrogen (secondary N) is 1. The van der Waals surface area contributed by atoms with Crippen LogP contribution >= 0.6 is 0 Å². The van der Waals surface area contributed by atoms with Crippen molar-refractivity contribution in [1.82, 2.24) is 10.2 Å². The molecule has 1 heterocycles. The van der Waals surface area contributed by atoms with E-state index < -0.39 is 0 Å². The zero-order valence-corrected chi connectivity index (χ0v) is 11.6. The van der Waals surface area contributed by atoms with Crippen molar-refractivity contribution in [2.24, 2.45) is 0 Å². The Bertz CT molecular complexity index is 205. The maximum absolute atomic E-state index is 3.76. The van der Waals surface area contributed by atoms with E-state index in [0.717, 1.165) is 12.1 Å². The zero-order chi connectivity index (χ0) is 11.9. The van der Waals surface area contributed by atoms with Crippen molar-refractivity contribution >= 4 is 0 Å². The molecule has 0 radical (unpaired) electrons. The summed E-state index contributed by atoms with van der Waals surface area (Å²) in [5, 5.41) is 3.76. The molecule has 17 heavy (non-hydrogen) atoms. The highest BCUT2D eigenvalue weighted by Crippen LogP contribution is 2.21. The molecule has 0 aromatic carbocycles. The van der Waals surface area contributed by atoms with Gasteiger partial charge < -0.3 is 10.2 Å². The summed E-state index contributed by atoms with van der Waals surface area (Å²) in [5.41, 5.74) is 0. The van der Waals surface area contributed by atoms with Crippen molar-refractivity contribution in [3.63, 3.8) is 0 Å². The van der Waals surface area contributed by atoms with Crippen LogP contribution in [-0.4, -0.2) is 37.1 Å². The highest BCUT2D eigenvalue weighted by molar-refractivity contribution is 4.87. The molecule has 0 spiro atoms. The molecule has 0 aromatic heterocycles. The number of hydrogen-bond acceptors (Lipinski definition) is 2. The van der Waals surface area contributed by atoms with E-state index >= 15 is 0 Å². The smallest absolute Gasteiger partial charge is 0.0246 e. The number of piperazine rings is 1. The summed E-state index contributed by atoms with van der Waals surface area (Å²) in [4.78, 5) is 2.60. The molecule has 1 N–H and O–H groups in total. The van der Waals surface area contributed by atoms with Crippen LogP contribution in [0.5, 0.6) is 0 Å². The van der Waals surface area contributed by atoms with Crippen molar-refractivity contribution in [1.29, 1.82) is 0 Å². The fraction of sp³-hybridized carbons (Fsp3) is 1.00. The fourth-order valence-corrected chi connectivity index (χ4v) is 3.53. The molecule has 2 nitrogen and oxygen atoms in total. The molecule has 1 aliphatic heterocycles. The molecule has 2 rings (SSSR count). The molecule has 2 atom stereocenters. The lowest BCUT2D eigenvalue weighted by atomic mass is 9.92. The zero-order valence-electron chi connectivity index (χ0n) is 11.6. The van der Waals surface area contributed by atoms with Gasteiger partial charge in [-0.3, -0.25) is 0 Å². The van der Waals surface area contributed by atoms with Crippen LogP contribution in [0.25, 0.3) is 0 Å². The van der Waals surface area contributed by atoms with Crippen LogP contribution in [0.15, 0.2) is 0 Å². The first-order valence-electron chi connectivity index (χ1n) is 7.81.